The predicted octanol–water partition coefficient (Wildman–Crippen LogP) is 3.49. The van der Waals surface area contributed by atoms with Crippen molar-refractivity contribution in [3.05, 3.63) is 53.1 Å². The Morgan fingerprint density at radius 3 is 2.35 bits per heavy atom. The lowest BCUT2D eigenvalue weighted by atomic mass is 10.1. The van der Waals surface area contributed by atoms with E-state index < -0.39 is 0 Å². The minimum atomic E-state index is 0.164. The lowest BCUT2D eigenvalue weighted by molar-refractivity contribution is -0.132. The van der Waals surface area contributed by atoms with Crippen molar-refractivity contribution in [2.45, 2.75) is 27.3 Å². The molecule has 6 heteroatoms. The standard InChI is InChI=1S/C25H35N3O3/c1-6-27(17-21-10-11-23(30-4)24(16-21)31-5)25(29)18-26-12-14-28(15-13-26)22-9-7-8-19(2)20(22)3/h7-11,16H,6,12-15,17-18H2,1-5H3. The van der Waals surface area contributed by atoms with Crippen LogP contribution in [0.2, 0.25) is 0 Å². The molecule has 6 nitrogen and oxygen atoms in total. The van der Waals surface area contributed by atoms with Crippen molar-refractivity contribution >= 4 is 11.6 Å². The van der Waals surface area contributed by atoms with E-state index in [2.05, 4.69) is 41.8 Å². The second kappa shape index (κ2) is 10.5. The van der Waals surface area contributed by atoms with Crippen molar-refractivity contribution in [3.63, 3.8) is 0 Å². The molecule has 1 fully saturated rings. The summed E-state index contributed by atoms with van der Waals surface area (Å²) >= 11 is 0. The van der Waals surface area contributed by atoms with Crippen molar-refractivity contribution in [2.75, 3.05) is 58.4 Å². The summed E-state index contributed by atoms with van der Waals surface area (Å²) in [4.78, 5) is 19.6. The van der Waals surface area contributed by atoms with Gasteiger partial charge in [0.05, 0.1) is 20.8 Å². The molecule has 0 N–H and O–H groups in total. The Morgan fingerprint density at radius 1 is 1.00 bits per heavy atom. The first-order chi connectivity index (χ1) is 15.0. The van der Waals surface area contributed by atoms with Gasteiger partial charge in [-0.2, -0.15) is 0 Å². The first kappa shape index (κ1) is 22.9. The molecule has 0 atom stereocenters. The number of rotatable bonds is 8. The smallest absolute Gasteiger partial charge is 0.237 e. The van der Waals surface area contributed by atoms with Gasteiger partial charge in [-0.1, -0.05) is 18.2 Å². The monoisotopic (exact) mass is 425 g/mol. The van der Waals surface area contributed by atoms with E-state index in [1.54, 1.807) is 14.2 Å². The highest BCUT2D eigenvalue weighted by Gasteiger charge is 2.22. The van der Waals surface area contributed by atoms with Gasteiger partial charge in [-0.3, -0.25) is 9.69 Å². The highest BCUT2D eigenvalue weighted by Crippen LogP contribution is 2.28. The molecular weight excluding hydrogens is 390 g/mol. The molecular formula is C25H35N3O3. The van der Waals surface area contributed by atoms with Crippen LogP contribution in [0.15, 0.2) is 36.4 Å². The molecule has 0 bridgehead atoms. The average Bonchev–Trinajstić information content (AvgIpc) is 2.79. The summed E-state index contributed by atoms with van der Waals surface area (Å²) in [5.74, 6) is 1.55. The fourth-order valence-corrected chi connectivity index (χ4v) is 4.09. The van der Waals surface area contributed by atoms with Gasteiger partial charge < -0.3 is 19.3 Å². The Labute approximate surface area is 186 Å². The van der Waals surface area contributed by atoms with E-state index in [1.165, 1.54) is 16.8 Å². The number of nitrogens with zero attached hydrogens (tertiary/aromatic N) is 3. The SMILES string of the molecule is CCN(Cc1ccc(OC)c(OC)c1)C(=O)CN1CCN(c2cccc(C)c2C)CC1. The summed E-state index contributed by atoms with van der Waals surface area (Å²) < 4.78 is 10.7. The molecule has 0 unspecified atom stereocenters. The van der Waals surface area contributed by atoms with E-state index >= 15 is 0 Å². The molecule has 3 rings (SSSR count). The average molecular weight is 426 g/mol. The number of methoxy groups -OCH3 is 2. The Balaban J connectivity index is 1.56. The number of piperazine rings is 1. The number of likely N-dealkylation sites (N-methyl/N-ethyl adjacent to an activating group) is 1. The molecule has 1 aliphatic rings. The molecule has 0 spiro atoms. The molecule has 1 saturated heterocycles. The zero-order valence-corrected chi connectivity index (χ0v) is 19.5. The molecule has 31 heavy (non-hydrogen) atoms. The molecule has 2 aromatic rings. The summed E-state index contributed by atoms with van der Waals surface area (Å²) in [6, 6.07) is 12.3. The molecule has 0 aromatic heterocycles. The van der Waals surface area contributed by atoms with Gasteiger partial charge in [0.15, 0.2) is 11.5 Å². The number of hydrogen-bond acceptors (Lipinski definition) is 5. The molecule has 1 amide bonds. The second-order valence-electron chi connectivity index (χ2n) is 8.08. The van der Waals surface area contributed by atoms with Gasteiger partial charge in [0.25, 0.3) is 0 Å². The van der Waals surface area contributed by atoms with Crippen LogP contribution >= 0.6 is 0 Å². The van der Waals surface area contributed by atoms with Crippen molar-refractivity contribution in [1.82, 2.24) is 9.80 Å². The van der Waals surface area contributed by atoms with Crippen LogP contribution in [0.1, 0.15) is 23.6 Å². The molecule has 168 valence electrons. The Bertz CT molecular complexity index is 892. The molecule has 0 saturated carbocycles. The summed E-state index contributed by atoms with van der Waals surface area (Å²) in [5.41, 5.74) is 5.02. The van der Waals surface area contributed by atoms with E-state index in [9.17, 15) is 4.79 Å². The maximum Gasteiger partial charge on any atom is 0.237 e. The zero-order chi connectivity index (χ0) is 22.4. The third kappa shape index (κ3) is 5.50. The Kier molecular flexibility index (Phi) is 7.80. The fraction of sp³-hybridized carbons (Fsp3) is 0.480. The van der Waals surface area contributed by atoms with Crippen LogP contribution in [0, 0.1) is 13.8 Å². The highest BCUT2D eigenvalue weighted by molar-refractivity contribution is 5.78. The van der Waals surface area contributed by atoms with Gasteiger partial charge in [-0.05, 0) is 55.7 Å². The minimum Gasteiger partial charge on any atom is -0.493 e. The Morgan fingerprint density at radius 2 is 1.71 bits per heavy atom. The van der Waals surface area contributed by atoms with Crippen LogP contribution in [-0.4, -0.2) is 69.2 Å². The third-order valence-corrected chi connectivity index (χ3v) is 6.20. The minimum absolute atomic E-state index is 0.164. The maximum atomic E-state index is 13.0. The Hall–Kier alpha value is -2.73. The van der Waals surface area contributed by atoms with Gasteiger partial charge in [0.2, 0.25) is 5.91 Å². The van der Waals surface area contributed by atoms with Gasteiger partial charge in [-0.25, -0.2) is 0 Å². The van der Waals surface area contributed by atoms with Gasteiger partial charge in [0, 0.05) is 45.0 Å². The number of aryl methyl sites for hydroxylation is 1. The quantitative estimate of drug-likeness (QED) is 0.648. The largest absolute Gasteiger partial charge is 0.493 e. The van der Waals surface area contributed by atoms with Gasteiger partial charge >= 0.3 is 0 Å². The molecule has 1 heterocycles. The van der Waals surface area contributed by atoms with Crippen LogP contribution in [-0.2, 0) is 11.3 Å². The number of amides is 1. The number of ether oxygens (including phenoxy) is 2. The molecule has 2 aromatic carbocycles. The number of anilines is 1. The summed E-state index contributed by atoms with van der Waals surface area (Å²) in [6.45, 7) is 11.8. The second-order valence-corrected chi connectivity index (χ2v) is 8.08. The van der Waals surface area contributed by atoms with Gasteiger partial charge in [-0.15, -0.1) is 0 Å². The fourth-order valence-electron chi connectivity index (χ4n) is 4.09. The van der Waals surface area contributed by atoms with Crippen LogP contribution < -0.4 is 14.4 Å². The van der Waals surface area contributed by atoms with Crippen molar-refractivity contribution in [2.24, 2.45) is 0 Å². The summed E-state index contributed by atoms with van der Waals surface area (Å²) in [7, 11) is 3.25. The highest BCUT2D eigenvalue weighted by atomic mass is 16.5. The summed E-state index contributed by atoms with van der Waals surface area (Å²) in [5, 5.41) is 0. The number of carbonyl (C=O) groups is 1. The first-order valence-corrected chi connectivity index (χ1v) is 11.0. The lowest BCUT2D eigenvalue weighted by Gasteiger charge is -2.37. The molecule has 1 aliphatic heterocycles. The lowest BCUT2D eigenvalue weighted by Crippen LogP contribution is -2.50. The number of hydrogen-bond donors (Lipinski definition) is 0. The van der Waals surface area contributed by atoms with Crippen molar-refractivity contribution < 1.29 is 14.3 Å². The maximum absolute atomic E-state index is 13.0. The first-order valence-electron chi connectivity index (χ1n) is 11.0. The number of carbonyl (C=O) groups excluding carboxylic acids is 1. The van der Waals surface area contributed by atoms with E-state index in [0.29, 0.717) is 31.1 Å². The van der Waals surface area contributed by atoms with Gasteiger partial charge in [0.1, 0.15) is 0 Å². The molecule has 0 aliphatic carbocycles. The van der Waals surface area contributed by atoms with Crippen LogP contribution in [0.5, 0.6) is 11.5 Å². The van der Waals surface area contributed by atoms with E-state index in [1.807, 2.05) is 30.0 Å². The van der Waals surface area contributed by atoms with E-state index in [-0.39, 0.29) is 5.91 Å². The van der Waals surface area contributed by atoms with Crippen LogP contribution in [0.4, 0.5) is 5.69 Å². The third-order valence-electron chi connectivity index (χ3n) is 6.20. The van der Waals surface area contributed by atoms with Crippen LogP contribution in [0.3, 0.4) is 0 Å². The summed E-state index contributed by atoms with van der Waals surface area (Å²) in [6.07, 6.45) is 0. The molecule has 0 radical (unpaired) electrons. The van der Waals surface area contributed by atoms with Crippen molar-refractivity contribution in [3.8, 4) is 11.5 Å². The topological polar surface area (TPSA) is 45.3 Å². The van der Waals surface area contributed by atoms with Crippen LogP contribution in [0.25, 0.3) is 0 Å². The van der Waals surface area contributed by atoms with Crippen molar-refractivity contribution in [1.29, 1.82) is 0 Å². The predicted molar refractivity (Wildman–Crippen MR) is 125 cm³/mol. The van der Waals surface area contributed by atoms with E-state index in [4.69, 9.17) is 9.47 Å². The normalized spacial score (nSPS) is 14.4. The number of benzene rings is 2. The van der Waals surface area contributed by atoms with E-state index in [0.717, 1.165) is 31.7 Å². The zero-order valence-electron chi connectivity index (χ0n) is 19.5.